The number of allylic oxidation sites excluding steroid dienone is 2. The van der Waals surface area contributed by atoms with Gasteiger partial charge >= 0.3 is 5.97 Å². The van der Waals surface area contributed by atoms with Crippen LogP contribution in [0.15, 0.2) is 59.4 Å². The maximum Gasteiger partial charge on any atom is 0.337 e. The quantitative estimate of drug-likeness (QED) is 0.224. The number of methoxy groups -OCH3 is 1. The Morgan fingerprint density at radius 1 is 1.21 bits per heavy atom. The van der Waals surface area contributed by atoms with Crippen LogP contribution in [-0.4, -0.2) is 59.5 Å². The average Bonchev–Trinajstić information content (AvgIpc) is 3.27. The van der Waals surface area contributed by atoms with E-state index in [1.54, 1.807) is 12.3 Å². The van der Waals surface area contributed by atoms with Crippen LogP contribution in [0.1, 0.15) is 41.0 Å². The van der Waals surface area contributed by atoms with Crippen LogP contribution in [0.3, 0.4) is 0 Å². The minimum absolute atomic E-state index is 0.176. The molecule has 3 heterocycles. The molecule has 3 aromatic rings. The molecule has 0 spiro atoms. The van der Waals surface area contributed by atoms with Crippen LogP contribution in [0.5, 0.6) is 0 Å². The Balaban J connectivity index is 1.17. The molecule has 2 saturated heterocycles. The SMILES string of the molecule is COC(=O)c1ccc2nc(CN3CCC(/C(N)=C/C=N/OCc4ccc(Cl)cc4)CC3)n(C[C@@H]3CCO3)c2c1. The molecule has 0 radical (unpaired) electrons. The zero-order valence-electron chi connectivity index (χ0n) is 22.1. The number of likely N-dealkylation sites (tertiary alicyclic amines) is 1. The van der Waals surface area contributed by atoms with Crippen LogP contribution in [0.2, 0.25) is 5.02 Å². The van der Waals surface area contributed by atoms with Gasteiger partial charge in [-0.05, 0) is 74.3 Å². The maximum absolute atomic E-state index is 12.1. The van der Waals surface area contributed by atoms with Crippen LogP contribution in [-0.2, 0) is 34.0 Å². The number of piperidine rings is 1. The van der Waals surface area contributed by atoms with Crippen molar-refractivity contribution in [2.75, 3.05) is 26.8 Å². The molecule has 0 amide bonds. The Labute approximate surface area is 233 Å². The summed E-state index contributed by atoms with van der Waals surface area (Å²) in [7, 11) is 1.40. The van der Waals surface area contributed by atoms with Crippen molar-refractivity contribution in [3.05, 3.63) is 76.2 Å². The molecule has 2 aliphatic rings. The summed E-state index contributed by atoms with van der Waals surface area (Å²) in [5.74, 6) is 0.931. The van der Waals surface area contributed by atoms with Crippen molar-refractivity contribution >= 4 is 34.8 Å². The highest BCUT2D eigenvalue weighted by Gasteiger charge is 2.25. The van der Waals surface area contributed by atoms with Gasteiger partial charge in [0, 0.05) is 23.2 Å². The molecule has 1 atom stereocenters. The average molecular weight is 552 g/mol. The Kier molecular flexibility index (Phi) is 8.81. The molecule has 206 valence electrons. The summed E-state index contributed by atoms with van der Waals surface area (Å²) in [5, 5.41) is 4.70. The number of carbonyl (C=O) groups is 1. The van der Waals surface area contributed by atoms with E-state index < -0.39 is 0 Å². The molecule has 2 fully saturated rings. The summed E-state index contributed by atoms with van der Waals surface area (Å²) in [6.07, 6.45) is 6.57. The molecule has 2 aliphatic heterocycles. The summed E-state index contributed by atoms with van der Waals surface area (Å²) in [6.45, 7) is 4.45. The molecule has 0 unspecified atom stereocenters. The Morgan fingerprint density at radius 2 is 1.97 bits per heavy atom. The first-order valence-corrected chi connectivity index (χ1v) is 13.6. The monoisotopic (exact) mass is 551 g/mol. The van der Waals surface area contributed by atoms with Crippen molar-refractivity contribution in [2.24, 2.45) is 16.8 Å². The van der Waals surface area contributed by atoms with Gasteiger partial charge in [-0.3, -0.25) is 4.90 Å². The third-order valence-electron chi connectivity index (χ3n) is 7.40. The second kappa shape index (κ2) is 12.6. The Hall–Kier alpha value is -3.40. The number of nitrogens with zero attached hydrogens (tertiary/aromatic N) is 4. The van der Waals surface area contributed by atoms with Gasteiger partial charge in [0.25, 0.3) is 0 Å². The number of benzene rings is 2. The second-order valence-corrected chi connectivity index (χ2v) is 10.4. The van der Waals surface area contributed by atoms with E-state index in [4.69, 9.17) is 36.6 Å². The molecule has 2 N–H and O–H groups in total. The molecular weight excluding hydrogens is 518 g/mol. The van der Waals surface area contributed by atoms with Crippen molar-refractivity contribution in [2.45, 2.75) is 45.1 Å². The van der Waals surface area contributed by atoms with Gasteiger partial charge in [-0.25, -0.2) is 9.78 Å². The van der Waals surface area contributed by atoms with Crippen LogP contribution >= 0.6 is 11.6 Å². The Morgan fingerprint density at radius 3 is 2.67 bits per heavy atom. The summed E-state index contributed by atoms with van der Waals surface area (Å²) in [4.78, 5) is 24.8. The summed E-state index contributed by atoms with van der Waals surface area (Å²) >= 11 is 5.90. The lowest BCUT2D eigenvalue weighted by Gasteiger charge is -2.32. The van der Waals surface area contributed by atoms with E-state index in [0.717, 1.165) is 80.2 Å². The number of ether oxygens (including phenoxy) is 2. The number of halogens is 1. The van der Waals surface area contributed by atoms with E-state index in [-0.39, 0.29) is 12.1 Å². The van der Waals surface area contributed by atoms with Gasteiger partial charge in [0.2, 0.25) is 0 Å². The minimum Gasteiger partial charge on any atom is -0.465 e. The molecule has 39 heavy (non-hydrogen) atoms. The fourth-order valence-corrected chi connectivity index (χ4v) is 5.11. The van der Waals surface area contributed by atoms with E-state index in [2.05, 4.69) is 14.6 Å². The van der Waals surface area contributed by atoms with Gasteiger partial charge in [-0.1, -0.05) is 28.9 Å². The highest BCUT2D eigenvalue weighted by molar-refractivity contribution is 6.30. The first-order valence-electron chi connectivity index (χ1n) is 13.3. The summed E-state index contributed by atoms with van der Waals surface area (Å²) < 4.78 is 12.8. The summed E-state index contributed by atoms with van der Waals surface area (Å²) in [6, 6.07) is 13.0. The first-order chi connectivity index (χ1) is 19.0. The zero-order chi connectivity index (χ0) is 27.2. The standard InChI is InChI=1S/C29H34ClN5O4/c1-37-29(36)22-4-7-26-27(16-22)35(17-24-11-15-38-24)28(33-26)18-34-13-9-21(10-14-34)25(31)8-12-32-39-19-20-2-5-23(30)6-3-20/h2-8,12,16,21,24H,9-11,13-15,17-19,31H2,1H3/b25-8-,32-12+/t24-/m0/s1. The van der Waals surface area contributed by atoms with Crippen LogP contribution in [0, 0.1) is 5.92 Å². The molecule has 0 bridgehead atoms. The molecular formula is C29H34ClN5O4. The Bertz CT molecular complexity index is 1340. The van der Waals surface area contributed by atoms with Gasteiger partial charge < -0.3 is 24.6 Å². The predicted molar refractivity (Wildman–Crippen MR) is 150 cm³/mol. The predicted octanol–water partition coefficient (Wildman–Crippen LogP) is 4.52. The van der Waals surface area contributed by atoms with Crippen molar-refractivity contribution < 1.29 is 19.1 Å². The van der Waals surface area contributed by atoms with E-state index in [0.29, 0.717) is 23.1 Å². The van der Waals surface area contributed by atoms with E-state index in [9.17, 15) is 4.79 Å². The summed E-state index contributed by atoms with van der Waals surface area (Å²) in [5.41, 5.74) is 10.5. The first kappa shape index (κ1) is 27.2. The number of hydrogen-bond donors (Lipinski definition) is 1. The van der Waals surface area contributed by atoms with Gasteiger partial charge in [-0.15, -0.1) is 0 Å². The number of oxime groups is 1. The number of aromatic nitrogens is 2. The van der Waals surface area contributed by atoms with Gasteiger partial charge in [0.15, 0.2) is 0 Å². The van der Waals surface area contributed by atoms with E-state index in [1.807, 2.05) is 42.5 Å². The third-order valence-corrected chi connectivity index (χ3v) is 7.65. The number of rotatable bonds is 10. The van der Waals surface area contributed by atoms with Crippen LogP contribution < -0.4 is 5.73 Å². The highest BCUT2D eigenvalue weighted by atomic mass is 35.5. The van der Waals surface area contributed by atoms with Crippen molar-refractivity contribution in [1.82, 2.24) is 14.5 Å². The second-order valence-electron chi connectivity index (χ2n) is 9.99. The number of esters is 1. The fourth-order valence-electron chi connectivity index (χ4n) is 4.99. The van der Waals surface area contributed by atoms with Crippen LogP contribution in [0.25, 0.3) is 11.0 Å². The van der Waals surface area contributed by atoms with Gasteiger partial charge in [-0.2, -0.15) is 0 Å². The maximum atomic E-state index is 12.1. The number of imidazole rings is 1. The van der Waals surface area contributed by atoms with Gasteiger partial charge in [0.1, 0.15) is 12.4 Å². The van der Waals surface area contributed by atoms with Crippen LogP contribution in [0.4, 0.5) is 0 Å². The largest absolute Gasteiger partial charge is 0.465 e. The molecule has 10 heteroatoms. The fraction of sp³-hybridized carbons (Fsp3) is 0.414. The normalized spacial score (nSPS) is 18.9. The highest BCUT2D eigenvalue weighted by Crippen LogP contribution is 2.26. The lowest BCUT2D eigenvalue weighted by atomic mass is 9.93. The van der Waals surface area contributed by atoms with E-state index in [1.165, 1.54) is 7.11 Å². The lowest BCUT2D eigenvalue weighted by molar-refractivity contribution is -0.0592. The number of nitrogens with two attached hydrogens (primary N) is 1. The topological polar surface area (TPSA) is 104 Å². The molecule has 1 aromatic heterocycles. The zero-order valence-corrected chi connectivity index (χ0v) is 22.8. The molecule has 5 rings (SSSR count). The molecule has 9 nitrogen and oxygen atoms in total. The number of carbonyl (C=O) groups excluding carboxylic acids is 1. The lowest BCUT2D eigenvalue weighted by Crippen LogP contribution is -2.36. The third kappa shape index (κ3) is 6.79. The van der Waals surface area contributed by atoms with E-state index >= 15 is 0 Å². The molecule has 0 saturated carbocycles. The number of hydrogen-bond acceptors (Lipinski definition) is 8. The minimum atomic E-state index is -0.350. The van der Waals surface area contributed by atoms with Crippen molar-refractivity contribution in [3.8, 4) is 0 Å². The van der Waals surface area contributed by atoms with Crippen molar-refractivity contribution in [1.29, 1.82) is 0 Å². The van der Waals surface area contributed by atoms with Gasteiger partial charge in [0.05, 0.1) is 49.1 Å². The number of fused-ring (bicyclic) bond motifs is 1. The van der Waals surface area contributed by atoms with Crippen molar-refractivity contribution in [3.63, 3.8) is 0 Å². The smallest absolute Gasteiger partial charge is 0.337 e. The molecule has 2 aromatic carbocycles. The molecule has 0 aliphatic carbocycles.